The lowest BCUT2D eigenvalue weighted by molar-refractivity contribution is -0.141. The second-order valence-corrected chi connectivity index (χ2v) is 9.37. The van der Waals surface area contributed by atoms with Gasteiger partial charge in [0.05, 0.1) is 18.6 Å². The lowest BCUT2D eigenvalue weighted by Crippen LogP contribution is -2.40. The maximum absolute atomic E-state index is 12.6. The number of fused-ring (bicyclic) bond motifs is 3. The molecule has 2 aliphatic carbocycles. The molecule has 1 fully saturated rings. The van der Waals surface area contributed by atoms with Crippen LogP contribution in [0.5, 0.6) is 0 Å². The molecule has 0 aromatic heterocycles. The first-order valence-corrected chi connectivity index (χ1v) is 10.7. The van der Waals surface area contributed by atoms with E-state index in [1.807, 2.05) is 18.2 Å². The van der Waals surface area contributed by atoms with E-state index in [1.165, 1.54) is 11.1 Å². The summed E-state index contributed by atoms with van der Waals surface area (Å²) in [6, 6.07) is 14.5. The highest BCUT2D eigenvalue weighted by atomic mass is 79.9. The first kappa shape index (κ1) is 17.7. The molecule has 3 aliphatic rings. The van der Waals surface area contributed by atoms with Gasteiger partial charge in [-0.2, -0.15) is 0 Å². The quantitative estimate of drug-likeness (QED) is 0.582. The minimum Gasteiger partial charge on any atom is -0.465 e. The van der Waals surface area contributed by atoms with Crippen LogP contribution in [0.4, 0.5) is 0 Å². The zero-order valence-corrected chi connectivity index (χ0v) is 17.7. The molecule has 5 heteroatoms. The van der Waals surface area contributed by atoms with Crippen LogP contribution >= 0.6 is 31.9 Å². The van der Waals surface area contributed by atoms with Crippen LogP contribution in [0.2, 0.25) is 0 Å². The summed E-state index contributed by atoms with van der Waals surface area (Å²) < 4.78 is 7.37. The topological polar surface area (TPSA) is 46.5 Å². The van der Waals surface area contributed by atoms with Gasteiger partial charge in [-0.05, 0) is 53.3 Å². The van der Waals surface area contributed by atoms with E-state index in [1.54, 1.807) is 0 Å². The Hall–Kier alpha value is -1.43. The molecule has 27 heavy (non-hydrogen) atoms. The fourth-order valence-corrected chi connectivity index (χ4v) is 6.40. The molecule has 1 N–H and O–H groups in total. The Labute approximate surface area is 174 Å². The third kappa shape index (κ3) is 2.74. The van der Waals surface area contributed by atoms with Crippen molar-refractivity contribution in [2.75, 3.05) is 6.61 Å². The van der Waals surface area contributed by atoms with Crippen LogP contribution in [0.1, 0.15) is 29.0 Å². The van der Waals surface area contributed by atoms with E-state index in [-0.39, 0.29) is 30.3 Å². The molecule has 0 unspecified atom stereocenters. The fourth-order valence-electron chi connectivity index (χ4n) is 5.07. The van der Waals surface area contributed by atoms with Gasteiger partial charge in [-0.3, -0.25) is 4.79 Å². The molecule has 1 aliphatic heterocycles. The number of benzene rings is 2. The predicted octanol–water partition coefficient (Wildman–Crippen LogP) is 4.86. The van der Waals surface area contributed by atoms with E-state index in [0.717, 1.165) is 38.5 Å². The molecule has 0 bridgehead atoms. The molecule has 4 atom stereocenters. The van der Waals surface area contributed by atoms with Crippen LogP contribution in [0, 0.1) is 11.8 Å². The average molecular weight is 490 g/mol. The van der Waals surface area contributed by atoms with Gasteiger partial charge in [0.2, 0.25) is 0 Å². The van der Waals surface area contributed by atoms with Crippen molar-refractivity contribution in [1.29, 1.82) is 0 Å². The number of carbonyl (C=O) groups is 1. The monoisotopic (exact) mass is 488 g/mol. The number of esters is 1. The van der Waals surface area contributed by atoms with E-state index < -0.39 is 6.10 Å². The molecule has 0 saturated carbocycles. The van der Waals surface area contributed by atoms with E-state index in [4.69, 9.17) is 4.74 Å². The summed E-state index contributed by atoms with van der Waals surface area (Å²) in [6.45, 7) is 0.287. The number of hydrogen-bond acceptors (Lipinski definition) is 3. The Morgan fingerprint density at radius 3 is 2.56 bits per heavy atom. The number of carbonyl (C=O) groups excluding carboxylic acids is 1. The number of aliphatic hydroxyl groups is 1. The van der Waals surface area contributed by atoms with Crippen LogP contribution in [-0.2, 0) is 16.0 Å². The SMILES string of the molecule is O=C1OC[C@H]2[C@H]1[C@H](c1cc(Br)cc(Br)c1)C1=C(c3ccccc3CC1)[C@H]2O. The van der Waals surface area contributed by atoms with E-state index in [9.17, 15) is 9.90 Å². The maximum Gasteiger partial charge on any atom is 0.310 e. The van der Waals surface area contributed by atoms with Crippen molar-refractivity contribution in [2.24, 2.45) is 11.8 Å². The summed E-state index contributed by atoms with van der Waals surface area (Å²) in [5.74, 6) is -0.786. The Kier molecular flexibility index (Phi) is 4.30. The van der Waals surface area contributed by atoms with Crippen LogP contribution in [0.3, 0.4) is 0 Å². The minimum absolute atomic E-state index is 0.0643. The largest absolute Gasteiger partial charge is 0.465 e. The van der Waals surface area contributed by atoms with Crippen LogP contribution < -0.4 is 0 Å². The Bertz CT molecular complexity index is 961. The molecular weight excluding hydrogens is 472 g/mol. The number of allylic oxidation sites excluding steroid dienone is 1. The molecule has 0 amide bonds. The molecule has 1 heterocycles. The molecule has 2 aromatic carbocycles. The number of aliphatic hydroxyl groups excluding tert-OH is 1. The molecule has 0 spiro atoms. The van der Waals surface area contributed by atoms with Crippen molar-refractivity contribution >= 4 is 43.4 Å². The predicted molar refractivity (Wildman–Crippen MR) is 110 cm³/mol. The molecule has 1 saturated heterocycles. The Morgan fingerprint density at radius 1 is 1.04 bits per heavy atom. The highest BCUT2D eigenvalue weighted by molar-refractivity contribution is 9.11. The maximum atomic E-state index is 12.6. The van der Waals surface area contributed by atoms with Crippen LogP contribution in [0.15, 0.2) is 57.0 Å². The van der Waals surface area contributed by atoms with Crippen molar-refractivity contribution in [3.8, 4) is 0 Å². The van der Waals surface area contributed by atoms with Gasteiger partial charge >= 0.3 is 5.97 Å². The summed E-state index contributed by atoms with van der Waals surface area (Å²) in [4.78, 5) is 12.6. The third-order valence-corrected chi connectivity index (χ3v) is 7.06. The molecule has 138 valence electrons. The van der Waals surface area contributed by atoms with Crippen molar-refractivity contribution in [2.45, 2.75) is 24.9 Å². The lowest BCUT2D eigenvalue weighted by Gasteiger charge is -2.41. The summed E-state index contributed by atoms with van der Waals surface area (Å²) >= 11 is 7.16. The summed E-state index contributed by atoms with van der Waals surface area (Å²) in [7, 11) is 0. The molecule has 5 rings (SSSR count). The van der Waals surface area contributed by atoms with Gasteiger partial charge in [-0.15, -0.1) is 0 Å². The second kappa shape index (κ2) is 6.57. The highest BCUT2D eigenvalue weighted by Crippen LogP contribution is 2.54. The smallest absolute Gasteiger partial charge is 0.310 e. The van der Waals surface area contributed by atoms with Gasteiger partial charge in [0.15, 0.2) is 0 Å². The summed E-state index contributed by atoms with van der Waals surface area (Å²) in [5, 5.41) is 11.2. The Balaban J connectivity index is 1.76. The summed E-state index contributed by atoms with van der Waals surface area (Å²) in [5.41, 5.74) is 5.68. The first-order valence-electron chi connectivity index (χ1n) is 9.16. The molecular formula is C22H18Br2O3. The first-order chi connectivity index (χ1) is 13.0. The number of cyclic esters (lactones) is 1. The normalized spacial score (nSPS) is 29.1. The van der Waals surface area contributed by atoms with E-state index in [2.05, 4.69) is 56.1 Å². The van der Waals surface area contributed by atoms with E-state index in [0.29, 0.717) is 0 Å². The fraction of sp³-hybridized carbons (Fsp3) is 0.318. The zero-order valence-electron chi connectivity index (χ0n) is 14.5. The van der Waals surface area contributed by atoms with Gasteiger partial charge in [-0.1, -0.05) is 61.7 Å². The second-order valence-electron chi connectivity index (χ2n) is 7.54. The number of ether oxygens (including phenoxy) is 1. The molecule has 3 nitrogen and oxygen atoms in total. The van der Waals surface area contributed by atoms with Gasteiger partial charge in [0.25, 0.3) is 0 Å². The van der Waals surface area contributed by atoms with E-state index >= 15 is 0 Å². The van der Waals surface area contributed by atoms with Gasteiger partial charge in [0.1, 0.15) is 0 Å². The summed E-state index contributed by atoms with van der Waals surface area (Å²) in [6.07, 6.45) is 1.12. The number of hydrogen-bond donors (Lipinski definition) is 1. The van der Waals surface area contributed by atoms with Crippen LogP contribution in [-0.4, -0.2) is 23.8 Å². The standard InChI is InChI=1S/C22H18Br2O3/c23-13-7-12(8-14(24)9-13)18-16-6-5-11-3-1-2-4-15(11)19(16)21(25)17-10-27-22(26)20(17)18/h1-4,7-9,17-18,20-21,25H,5-6,10H2/t17-,18+,20-,21-/m0/s1. The number of aryl methyl sites for hydroxylation is 1. The molecule has 0 radical (unpaired) electrons. The van der Waals surface area contributed by atoms with Crippen molar-refractivity contribution < 1.29 is 14.6 Å². The third-order valence-electron chi connectivity index (χ3n) is 6.15. The lowest BCUT2D eigenvalue weighted by atomic mass is 9.62. The van der Waals surface area contributed by atoms with Gasteiger partial charge in [-0.25, -0.2) is 0 Å². The molecule has 2 aromatic rings. The minimum atomic E-state index is -0.662. The Morgan fingerprint density at radius 2 is 1.78 bits per heavy atom. The number of halogens is 2. The van der Waals surface area contributed by atoms with Crippen molar-refractivity contribution in [3.05, 3.63) is 73.7 Å². The number of rotatable bonds is 1. The van der Waals surface area contributed by atoms with Gasteiger partial charge < -0.3 is 9.84 Å². The van der Waals surface area contributed by atoms with Crippen molar-refractivity contribution in [3.63, 3.8) is 0 Å². The van der Waals surface area contributed by atoms with Gasteiger partial charge in [0, 0.05) is 20.8 Å². The van der Waals surface area contributed by atoms with Crippen molar-refractivity contribution in [1.82, 2.24) is 0 Å². The zero-order chi connectivity index (χ0) is 18.7. The van der Waals surface area contributed by atoms with Crippen LogP contribution in [0.25, 0.3) is 5.57 Å². The highest BCUT2D eigenvalue weighted by Gasteiger charge is 2.53. The average Bonchev–Trinajstić information content (AvgIpc) is 3.03.